The number of aromatic nitrogens is 2. The van der Waals surface area contributed by atoms with E-state index in [1.807, 2.05) is 0 Å². The quantitative estimate of drug-likeness (QED) is 0.748. The van der Waals surface area contributed by atoms with Gasteiger partial charge in [-0.25, -0.2) is 9.37 Å². The van der Waals surface area contributed by atoms with Crippen LogP contribution >= 0.6 is 15.9 Å². The smallest absolute Gasteiger partial charge is 0.137 e. The second kappa shape index (κ2) is 4.10. The average Bonchev–Trinajstić information content (AvgIpc) is 2.74. The van der Waals surface area contributed by atoms with Gasteiger partial charge in [-0.1, -0.05) is 15.9 Å². The van der Waals surface area contributed by atoms with E-state index in [4.69, 9.17) is 5.73 Å². The molecule has 0 saturated carbocycles. The van der Waals surface area contributed by atoms with Crippen molar-refractivity contribution >= 4 is 27.3 Å². The zero-order valence-electron chi connectivity index (χ0n) is 9.27. The van der Waals surface area contributed by atoms with Crippen LogP contribution in [0.1, 0.15) is 0 Å². The first kappa shape index (κ1) is 11.2. The van der Waals surface area contributed by atoms with Crippen LogP contribution in [0.4, 0.5) is 10.1 Å². The Morgan fingerprint density at radius 2 is 2.00 bits per heavy atom. The molecular formula is C13H9BrFN3. The molecule has 0 aliphatic carbocycles. The zero-order valence-corrected chi connectivity index (χ0v) is 10.9. The number of imidazole rings is 1. The van der Waals surface area contributed by atoms with Gasteiger partial charge in [-0.2, -0.15) is 0 Å². The van der Waals surface area contributed by atoms with Crippen LogP contribution in [0, 0.1) is 5.82 Å². The summed E-state index contributed by atoms with van der Waals surface area (Å²) in [5, 5.41) is 0. The summed E-state index contributed by atoms with van der Waals surface area (Å²) >= 11 is 3.33. The van der Waals surface area contributed by atoms with Gasteiger partial charge < -0.3 is 10.1 Å². The molecule has 0 fully saturated rings. The van der Waals surface area contributed by atoms with Crippen molar-refractivity contribution in [3.8, 4) is 11.3 Å². The highest BCUT2D eigenvalue weighted by molar-refractivity contribution is 9.10. The number of fused-ring (bicyclic) bond motifs is 1. The molecule has 3 rings (SSSR count). The molecule has 18 heavy (non-hydrogen) atoms. The summed E-state index contributed by atoms with van der Waals surface area (Å²) < 4.78 is 16.4. The lowest BCUT2D eigenvalue weighted by Gasteiger charge is -1.99. The number of halogens is 2. The molecule has 0 spiro atoms. The first-order valence-electron chi connectivity index (χ1n) is 5.33. The highest BCUT2D eigenvalue weighted by Crippen LogP contribution is 2.26. The molecule has 2 aromatic heterocycles. The maximum absolute atomic E-state index is 13.8. The number of pyridine rings is 1. The average molecular weight is 306 g/mol. The summed E-state index contributed by atoms with van der Waals surface area (Å²) in [6.45, 7) is 0. The summed E-state index contributed by atoms with van der Waals surface area (Å²) in [4.78, 5) is 4.37. The molecule has 2 N–H and O–H groups in total. The third-order valence-corrected chi connectivity index (χ3v) is 3.17. The molecule has 0 radical (unpaired) electrons. The molecule has 3 nitrogen and oxygen atoms in total. The van der Waals surface area contributed by atoms with Crippen LogP contribution in [-0.2, 0) is 0 Å². The van der Waals surface area contributed by atoms with Crippen LogP contribution in [0.3, 0.4) is 0 Å². The fourth-order valence-electron chi connectivity index (χ4n) is 1.83. The molecule has 3 aromatic rings. The summed E-state index contributed by atoms with van der Waals surface area (Å²) in [5.41, 5.74) is 8.12. The summed E-state index contributed by atoms with van der Waals surface area (Å²) in [5.74, 6) is -0.297. The van der Waals surface area contributed by atoms with Crippen molar-refractivity contribution < 1.29 is 4.39 Å². The highest BCUT2D eigenvalue weighted by Gasteiger charge is 2.10. The van der Waals surface area contributed by atoms with Crippen molar-refractivity contribution in [2.75, 3.05) is 5.73 Å². The minimum atomic E-state index is -0.297. The van der Waals surface area contributed by atoms with Crippen molar-refractivity contribution in [3.63, 3.8) is 0 Å². The van der Waals surface area contributed by atoms with Gasteiger partial charge in [0.05, 0.1) is 5.69 Å². The number of hydrogen-bond acceptors (Lipinski definition) is 2. The number of nitrogens with zero attached hydrogens (tertiary/aromatic N) is 2. The van der Waals surface area contributed by atoms with E-state index in [1.165, 1.54) is 6.07 Å². The molecule has 0 aliphatic heterocycles. The fourth-order valence-corrected chi connectivity index (χ4v) is 2.19. The lowest BCUT2D eigenvalue weighted by molar-refractivity contribution is 0.630. The Morgan fingerprint density at radius 1 is 1.17 bits per heavy atom. The van der Waals surface area contributed by atoms with Gasteiger partial charge in [0, 0.05) is 28.1 Å². The predicted molar refractivity (Wildman–Crippen MR) is 72.7 cm³/mol. The molecule has 0 amide bonds. The molecular weight excluding hydrogens is 297 g/mol. The summed E-state index contributed by atoms with van der Waals surface area (Å²) in [6, 6.07) is 8.35. The van der Waals surface area contributed by atoms with E-state index in [0.29, 0.717) is 16.9 Å². The van der Waals surface area contributed by atoms with Gasteiger partial charge in [0.15, 0.2) is 0 Å². The predicted octanol–water partition coefficient (Wildman–Crippen LogP) is 3.49. The third kappa shape index (κ3) is 1.86. The van der Waals surface area contributed by atoms with Crippen LogP contribution < -0.4 is 5.73 Å². The van der Waals surface area contributed by atoms with Crippen LogP contribution in [0.15, 0.2) is 47.2 Å². The Labute approximate surface area is 111 Å². The Kier molecular flexibility index (Phi) is 2.56. The number of benzene rings is 1. The Morgan fingerprint density at radius 3 is 2.83 bits per heavy atom. The fraction of sp³-hybridized carbons (Fsp3) is 0. The normalized spacial score (nSPS) is 11.0. The zero-order chi connectivity index (χ0) is 12.7. The molecule has 0 atom stereocenters. The van der Waals surface area contributed by atoms with Crippen molar-refractivity contribution in [2.24, 2.45) is 0 Å². The summed E-state index contributed by atoms with van der Waals surface area (Å²) in [7, 11) is 0. The standard InChI is InChI=1S/C13H9BrFN3/c14-8-1-3-11(15)10(5-8)12-7-18-6-9(16)2-4-13(18)17-12/h1-7H,16H2. The Hall–Kier alpha value is -1.88. The van der Waals surface area contributed by atoms with Gasteiger partial charge in [-0.05, 0) is 30.3 Å². The van der Waals surface area contributed by atoms with Gasteiger partial charge >= 0.3 is 0 Å². The van der Waals surface area contributed by atoms with E-state index in [-0.39, 0.29) is 5.82 Å². The van der Waals surface area contributed by atoms with E-state index >= 15 is 0 Å². The van der Waals surface area contributed by atoms with Gasteiger partial charge in [0.25, 0.3) is 0 Å². The first-order chi connectivity index (χ1) is 8.63. The number of nitrogen functional groups attached to an aromatic ring is 1. The van der Waals surface area contributed by atoms with E-state index in [1.54, 1.807) is 41.1 Å². The molecule has 0 unspecified atom stereocenters. The molecule has 0 bridgehead atoms. The highest BCUT2D eigenvalue weighted by atomic mass is 79.9. The van der Waals surface area contributed by atoms with Crippen molar-refractivity contribution in [1.29, 1.82) is 0 Å². The van der Waals surface area contributed by atoms with Crippen molar-refractivity contribution in [2.45, 2.75) is 0 Å². The number of rotatable bonds is 1. The van der Waals surface area contributed by atoms with E-state index < -0.39 is 0 Å². The lowest BCUT2D eigenvalue weighted by Crippen LogP contribution is -1.88. The van der Waals surface area contributed by atoms with Crippen LogP contribution in [0.25, 0.3) is 16.9 Å². The van der Waals surface area contributed by atoms with Crippen LogP contribution in [0.2, 0.25) is 0 Å². The van der Waals surface area contributed by atoms with Gasteiger partial charge in [0.2, 0.25) is 0 Å². The molecule has 0 aliphatic rings. The van der Waals surface area contributed by atoms with Crippen LogP contribution in [0.5, 0.6) is 0 Å². The topological polar surface area (TPSA) is 43.3 Å². The SMILES string of the molecule is Nc1ccc2nc(-c3cc(Br)ccc3F)cn2c1. The molecule has 1 aromatic carbocycles. The number of nitrogens with two attached hydrogens (primary N) is 1. The maximum atomic E-state index is 13.8. The maximum Gasteiger partial charge on any atom is 0.137 e. The summed E-state index contributed by atoms with van der Waals surface area (Å²) in [6.07, 6.45) is 3.51. The largest absolute Gasteiger partial charge is 0.398 e. The van der Waals surface area contributed by atoms with Gasteiger partial charge in [-0.15, -0.1) is 0 Å². The van der Waals surface area contributed by atoms with Gasteiger partial charge in [0.1, 0.15) is 11.5 Å². The van der Waals surface area contributed by atoms with Crippen molar-refractivity contribution in [1.82, 2.24) is 9.38 Å². The lowest BCUT2D eigenvalue weighted by atomic mass is 10.1. The molecule has 5 heteroatoms. The van der Waals surface area contributed by atoms with Gasteiger partial charge in [-0.3, -0.25) is 0 Å². The molecule has 2 heterocycles. The Balaban J connectivity index is 2.22. The van der Waals surface area contributed by atoms with E-state index in [2.05, 4.69) is 20.9 Å². The number of hydrogen-bond donors (Lipinski definition) is 1. The first-order valence-corrected chi connectivity index (χ1v) is 6.12. The van der Waals surface area contributed by atoms with Crippen LogP contribution in [-0.4, -0.2) is 9.38 Å². The minimum absolute atomic E-state index is 0.297. The van der Waals surface area contributed by atoms with E-state index in [0.717, 1.165) is 10.1 Å². The monoisotopic (exact) mass is 305 g/mol. The van der Waals surface area contributed by atoms with Crippen molar-refractivity contribution in [3.05, 3.63) is 53.0 Å². The second-order valence-electron chi connectivity index (χ2n) is 3.98. The molecule has 90 valence electrons. The minimum Gasteiger partial charge on any atom is -0.398 e. The van der Waals surface area contributed by atoms with E-state index in [9.17, 15) is 4.39 Å². The number of anilines is 1. The second-order valence-corrected chi connectivity index (χ2v) is 4.89. The molecule has 0 saturated heterocycles. The Bertz CT molecular complexity index is 736. The third-order valence-electron chi connectivity index (χ3n) is 2.68.